The molecule has 3 rings (SSSR count). The van der Waals surface area contributed by atoms with Crippen LogP contribution in [0.4, 0.5) is 11.4 Å². The van der Waals surface area contributed by atoms with Gasteiger partial charge in [-0.1, -0.05) is 35.9 Å². The molecule has 0 aromatic heterocycles. The van der Waals surface area contributed by atoms with Gasteiger partial charge in [-0.05, 0) is 75.2 Å². The molecule has 174 valence electrons. The molecule has 33 heavy (non-hydrogen) atoms. The molecule has 6 nitrogen and oxygen atoms in total. The van der Waals surface area contributed by atoms with Gasteiger partial charge in [-0.2, -0.15) is 0 Å². The average Bonchev–Trinajstić information content (AvgIpc) is 2.80. The highest BCUT2D eigenvalue weighted by Gasteiger charge is 2.18. The normalized spacial score (nSPS) is 11.2. The summed E-state index contributed by atoms with van der Waals surface area (Å²) < 4.78 is 28.1. The van der Waals surface area contributed by atoms with Crippen LogP contribution in [0.3, 0.4) is 0 Å². The third-order valence-electron chi connectivity index (χ3n) is 5.67. The number of rotatable bonds is 9. The van der Waals surface area contributed by atoms with Crippen LogP contribution in [0.25, 0.3) is 0 Å². The SMILES string of the molecule is CCN(CC)c1ccc(CNC(=O)c2cccc(NS(=O)(=O)c3ccc(C)cc3)c2C)cc1. The van der Waals surface area contributed by atoms with E-state index in [1.54, 1.807) is 49.4 Å². The van der Waals surface area contributed by atoms with Crippen molar-refractivity contribution in [2.45, 2.75) is 39.1 Å². The Kier molecular flexibility index (Phi) is 7.76. The van der Waals surface area contributed by atoms with Crippen molar-refractivity contribution in [3.8, 4) is 0 Å². The Balaban J connectivity index is 1.71. The largest absolute Gasteiger partial charge is 0.372 e. The molecule has 0 bridgehead atoms. The minimum atomic E-state index is -3.75. The molecule has 1 amide bonds. The summed E-state index contributed by atoms with van der Waals surface area (Å²) in [6.07, 6.45) is 0. The number of carbonyl (C=O) groups excluding carboxylic acids is 1. The fraction of sp³-hybridized carbons (Fsp3) is 0.269. The molecule has 3 aromatic carbocycles. The standard InChI is InChI=1S/C26H31N3O3S/c1-5-29(6-2)22-14-12-21(13-15-22)18-27-26(30)24-8-7-9-25(20(24)4)28-33(31,32)23-16-10-19(3)11-17-23/h7-17,28H,5-6,18H2,1-4H3,(H,27,30). The summed E-state index contributed by atoms with van der Waals surface area (Å²) in [6, 6.07) is 19.8. The molecular weight excluding hydrogens is 434 g/mol. The second kappa shape index (κ2) is 10.5. The Morgan fingerprint density at radius 2 is 1.52 bits per heavy atom. The second-order valence-electron chi connectivity index (χ2n) is 7.92. The van der Waals surface area contributed by atoms with E-state index in [2.05, 4.69) is 40.9 Å². The van der Waals surface area contributed by atoms with Crippen molar-refractivity contribution in [1.29, 1.82) is 0 Å². The number of hydrogen-bond acceptors (Lipinski definition) is 4. The summed E-state index contributed by atoms with van der Waals surface area (Å²) in [5.74, 6) is -0.253. The van der Waals surface area contributed by atoms with Gasteiger partial charge in [-0.3, -0.25) is 9.52 Å². The fourth-order valence-electron chi connectivity index (χ4n) is 3.60. The van der Waals surface area contributed by atoms with E-state index < -0.39 is 10.0 Å². The van der Waals surface area contributed by atoms with Crippen molar-refractivity contribution in [1.82, 2.24) is 5.32 Å². The third-order valence-corrected chi connectivity index (χ3v) is 7.05. The molecule has 0 heterocycles. The predicted molar refractivity (Wildman–Crippen MR) is 134 cm³/mol. The number of carbonyl (C=O) groups is 1. The first-order valence-electron chi connectivity index (χ1n) is 11.1. The monoisotopic (exact) mass is 465 g/mol. The van der Waals surface area contributed by atoms with Gasteiger partial charge in [0.25, 0.3) is 15.9 Å². The van der Waals surface area contributed by atoms with Crippen molar-refractivity contribution in [3.63, 3.8) is 0 Å². The van der Waals surface area contributed by atoms with E-state index in [1.165, 1.54) is 0 Å². The second-order valence-corrected chi connectivity index (χ2v) is 9.60. The summed E-state index contributed by atoms with van der Waals surface area (Å²) in [5.41, 5.74) is 4.51. The molecule has 2 N–H and O–H groups in total. The molecule has 0 saturated heterocycles. The van der Waals surface area contributed by atoms with Gasteiger partial charge in [0.05, 0.1) is 10.6 Å². The quantitative estimate of drug-likeness (QED) is 0.472. The van der Waals surface area contributed by atoms with Gasteiger partial charge in [0.15, 0.2) is 0 Å². The molecule has 0 unspecified atom stereocenters. The first-order valence-corrected chi connectivity index (χ1v) is 12.5. The van der Waals surface area contributed by atoms with E-state index in [1.807, 2.05) is 19.1 Å². The highest BCUT2D eigenvalue weighted by atomic mass is 32.2. The van der Waals surface area contributed by atoms with E-state index in [9.17, 15) is 13.2 Å². The highest BCUT2D eigenvalue weighted by Crippen LogP contribution is 2.23. The molecule has 7 heteroatoms. The maximum Gasteiger partial charge on any atom is 0.261 e. The number of benzene rings is 3. The molecule has 0 atom stereocenters. The Morgan fingerprint density at radius 3 is 2.12 bits per heavy atom. The van der Waals surface area contributed by atoms with Crippen LogP contribution in [0, 0.1) is 13.8 Å². The predicted octanol–water partition coefficient (Wildman–Crippen LogP) is 4.88. The van der Waals surface area contributed by atoms with Gasteiger partial charge in [-0.25, -0.2) is 8.42 Å². The smallest absolute Gasteiger partial charge is 0.261 e. The molecule has 0 aliphatic heterocycles. The lowest BCUT2D eigenvalue weighted by Gasteiger charge is -2.21. The molecule has 0 radical (unpaired) electrons. The Morgan fingerprint density at radius 1 is 0.879 bits per heavy atom. The lowest BCUT2D eigenvalue weighted by Crippen LogP contribution is -2.24. The zero-order chi connectivity index (χ0) is 24.0. The van der Waals surface area contributed by atoms with Crippen LogP contribution in [0.15, 0.2) is 71.6 Å². The zero-order valence-electron chi connectivity index (χ0n) is 19.6. The maximum absolute atomic E-state index is 12.8. The Hall–Kier alpha value is -3.32. The molecule has 0 fully saturated rings. The summed E-state index contributed by atoms with van der Waals surface area (Å²) in [4.78, 5) is 15.3. The molecule has 0 aliphatic carbocycles. The lowest BCUT2D eigenvalue weighted by atomic mass is 10.1. The number of sulfonamides is 1. The van der Waals surface area contributed by atoms with Gasteiger partial charge >= 0.3 is 0 Å². The van der Waals surface area contributed by atoms with Crippen molar-refractivity contribution in [2.75, 3.05) is 22.7 Å². The van der Waals surface area contributed by atoms with Gasteiger partial charge < -0.3 is 10.2 Å². The summed E-state index contributed by atoms with van der Waals surface area (Å²) >= 11 is 0. The first kappa shape index (κ1) is 24.3. The van der Waals surface area contributed by atoms with Crippen LogP contribution in [0.1, 0.15) is 40.9 Å². The van der Waals surface area contributed by atoms with Gasteiger partial charge in [0.2, 0.25) is 0 Å². The molecule has 0 saturated carbocycles. The lowest BCUT2D eigenvalue weighted by molar-refractivity contribution is 0.0950. The highest BCUT2D eigenvalue weighted by molar-refractivity contribution is 7.92. The van der Waals surface area contributed by atoms with E-state index in [0.717, 1.165) is 29.9 Å². The number of anilines is 2. The van der Waals surface area contributed by atoms with Gasteiger partial charge in [0.1, 0.15) is 0 Å². The average molecular weight is 466 g/mol. The fourth-order valence-corrected chi connectivity index (χ4v) is 4.73. The van der Waals surface area contributed by atoms with Crippen molar-refractivity contribution in [2.24, 2.45) is 0 Å². The summed E-state index contributed by atoms with van der Waals surface area (Å²) in [5, 5.41) is 2.93. The molecule has 0 spiro atoms. The van der Waals surface area contributed by atoms with Gasteiger partial charge in [0, 0.05) is 30.9 Å². The van der Waals surface area contributed by atoms with Crippen LogP contribution in [0.2, 0.25) is 0 Å². The van der Waals surface area contributed by atoms with Crippen LogP contribution < -0.4 is 14.9 Å². The van der Waals surface area contributed by atoms with E-state index in [0.29, 0.717) is 23.4 Å². The van der Waals surface area contributed by atoms with Crippen LogP contribution in [0.5, 0.6) is 0 Å². The van der Waals surface area contributed by atoms with Crippen molar-refractivity contribution >= 4 is 27.3 Å². The van der Waals surface area contributed by atoms with Gasteiger partial charge in [-0.15, -0.1) is 0 Å². The zero-order valence-corrected chi connectivity index (χ0v) is 20.4. The van der Waals surface area contributed by atoms with Crippen molar-refractivity contribution in [3.05, 3.63) is 89.0 Å². The minimum absolute atomic E-state index is 0.176. The van der Waals surface area contributed by atoms with E-state index in [-0.39, 0.29) is 10.8 Å². The van der Waals surface area contributed by atoms with Crippen LogP contribution in [-0.2, 0) is 16.6 Å². The summed E-state index contributed by atoms with van der Waals surface area (Å²) in [6.45, 7) is 10.1. The maximum atomic E-state index is 12.8. The number of hydrogen-bond donors (Lipinski definition) is 2. The minimum Gasteiger partial charge on any atom is -0.372 e. The first-order chi connectivity index (χ1) is 15.7. The molecule has 3 aromatic rings. The van der Waals surface area contributed by atoms with E-state index >= 15 is 0 Å². The van der Waals surface area contributed by atoms with E-state index in [4.69, 9.17) is 0 Å². The van der Waals surface area contributed by atoms with Crippen molar-refractivity contribution < 1.29 is 13.2 Å². The van der Waals surface area contributed by atoms with Crippen LogP contribution in [-0.4, -0.2) is 27.4 Å². The van der Waals surface area contributed by atoms with Crippen LogP contribution >= 0.6 is 0 Å². The number of amides is 1. The third kappa shape index (κ3) is 5.93. The molecular formula is C26H31N3O3S. The number of aryl methyl sites for hydroxylation is 1. The topological polar surface area (TPSA) is 78.5 Å². The summed E-state index contributed by atoms with van der Waals surface area (Å²) in [7, 11) is -3.75. The molecule has 0 aliphatic rings. The Bertz CT molecular complexity index is 1200. The number of nitrogens with one attached hydrogen (secondary N) is 2. The number of nitrogens with zero attached hydrogens (tertiary/aromatic N) is 1. The Labute approximate surface area is 196 Å².